The molecule has 0 spiro atoms. The fourth-order valence-electron chi connectivity index (χ4n) is 2.51. The van der Waals surface area contributed by atoms with Gasteiger partial charge in [0.15, 0.2) is 5.69 Å². The minimum absolute atomic E-state index is 0.320. The maximum absolute atomic E-state index is 8.66. The molecule has 0 saturated heterocycles. The molecule has 0 aromatic carbocycles. The summed E-state index contributed by atoms with van der Waals surface area (Å²) < 4.78 is 2.08. The first-order valence-electron chi connectivity index (χ1n) is 6.87. The summed E-state index contributed by atoms with van der Waals surface area (Å²) in [4.78, 5) is 0. The summed E-state index contributed by atoms with van der Waals surface area (Å²) in [7, 11) is 0. The summed E-state index contributed by atoms with van der Waals surface area (Å²) in [5.41, 5.74) is 1.31. The second-order valence-corrected chi connectivity index (χ2v) is 4.99. The largest absolute Gasteiger partial charge is 0.363 e. The monoisotopic (exact) mass is 268 g/mol. The molecule has 6 nitrogen and oxygen atoms in total. The summed E-state index contributed by atoms with van der Waals surface area (Å²) in [6.07, 6.45) is 7.13. The minimum Gasteiger partial charge on any atom is -0.363 e. The number of nitrogens with one attached hydrogen (secondary N) is 1. The highest BCUT2D eigenvalue weighted by Gasteiger charge is 2.17. The van der Waals surface area contributed by atoms with Crippen molar-refractivity contribution >= 4 is 5.82 Å². The van der Waals surface area contributed by atoms with E-state index in [4.69, 9.17) is 5.26 Å². The highest BCUT2D eigenvalue weighted by molar-refractivity contribution is 5.35. The van der Waals surface area contributed by atoms with Crippen LogP contribution in [0.2, 0.25) is 0 Å². The number of aromatic nitrogens is 4. The Bertz CT molecular complexity index is 603. The van der Waals surface area contributed by atoms with E-state index in [0.29, 0.717) is 24.1 Å². The van der Waals surface area contributed by atoms with Gasteiger partial charge < -0.3 is 5.32 Å². The van der Waals surface area contributed by atoms with Crippen LogP contribution in [0.15, 0.2) is 24.4 Å². The topological polar surface area (TPSA) is 79.4 Å². The maximum Gasteiger partial charge on any atom is 0.163 e. The second-order valence-electron chi connectivity index (χ2n) is 4.99. The molecule has 0 bridgehead atoms. The summed E-state index contributed by atoms with van der Waals surface area (Å²) in [5, 5.41) is 24.1. The Balaban J connectivity index is 1.59. The van der Waals surface area contributed by atoms with Crippen molar-refractivity contribution in [3.63, 3.8) is 0 Å². The van der Waals surface area contributed by atoms with Crippen LogP contribution in [0.1, 0.15) is 43.1 Å². The van der Waals surface area contributed by atoms with E-state index in [0.717, 1.165) is 5.69 Å². The molecule has 20 heavy (non-hydrogen) atoms. The molecule has 0 amide bonds. The third-order valence-corrected chi connectivity index (χ3v) is 3.59. The number of hydrogen-bond donors (Lipinski definition) is 1. The zero-order valence-corrected chi connectivity index (χ0v) is 11.2. The molecule has 2 heterocycles. The first-order chi connectivity index (χ1) is 9.85. The number of hydrogen-bond acceptors (Lipinski definition) is 5. The van der Waals surface area contributed by atoms with Gasteiger partial charge in [-0.15, -0.1) is 10.2 Å². The van der Waals surface area contributed by atoms with Crippen LogP contribution in [-0.2, 0) is 6.54 Å². The van der Waals surface area contributed by atoms with E-state index in [1.165, 1.54) is 25.7 Å². The van der Waals surface area contributed by atoms with Crippen LogP contribution in [0.4, 0.5) is 5.82 Å². The van der Waals surface area contributed by atoms with E-state index in [1.807, 2.05) is 12.1 Å². The zero-order valence-electron chi connectivity index (χ0n) is 11.2. The molecule has 1 aliphatic carbocycles. The minimum atomic E-state index is 0.320. The Morgan fingerprint density at radius 2 is 2.10 bits per heavy atom. The van der Waals surface area contributed by atoms with Crippen LogP contribution in [-0.4, -0.2) is 20.0 Å². The zero-order chi connectivity index (χ0) is 13.8. The Kier molecular flexibility index (Phi) is 3.59. The molecule has 1 aliphatic rings. The summed E-state index contributed by atoms with van der Waals surface area (Å²) in [6.45, 7) is 0.611. The van der Waals surface area contributed by atoms with Gasteiger partial charge in [-0.2, -0.15) is 10.4 Å². The molecule has 0 radical (unpaired) electrons. The van der Waals surface area contributed by atoms with Crippen LogP contribution in [0, 0.1) is 11.3 Å². The third-order valence-electron chi connectivity index (χ3n) is 3.59. The van der Waals surface area contributed by atoms with Crippen LogP contribution >= 0.6 is 0 Å². The fraction of sp³-hybridized carbons (Fsp3) is 0.429. The van der Waals surface area contributed by atoms with Crippen molar-refractivity contribution in [1.82, 2.24) is 20.0 Å². The average Bonchev–Trinajstić information content (AvgIpc) is 3.16. The van der Waals surface area contributed by atoms with Crippen molar-refractivity contribution in [2.24, 2.45) is 0 Å². The van der Waals surface area contributed by atoms with E-state index in [-0.39, 0.29) is 0 Å². The summed E-state index contributed by atoms with van der Waals surface area (Å²) in [5.74, 6) is 0.652. The van der Waals surface area contributed by atoms with E-state index in [2.05, 4.69) is 31.5 Å². The SMILES string of the molecule is N#Cc1ccc(NCc2ccn(C3CCCC3)n2)nn1. The van der Waals surface area contributed by atoms with Gasteiger partial charge in [-0.25, -0.2) is 0 Å². The lowest BCUT2D eigenvalue weighted by atomic mass is 10.3. The number of anilines is 1. The van der Waals surface area contributed by atoms with Gasteiger partial charge >= 0.3 is 0 Å². The number of nitriles is 1. The van der Waals surface area contributed by atoms with E-state index < -0.39 is 0 Å². The van der Waals surface area contributed by atoms with E-state index in [1.54, 1.807) is 12.1 Å². The molecule has 102 valence electrons. The van der Waals surface area contributed by atoms with E-state index >= 15 is 0 Å². The van der Waals surface area contributed by atoms with Gasteiger partial charge in [0.2, 0.25) is 0 Å². The molecule has 2 aromatic rings. The van der Waals surface area contributed by atoms with Gasteiger partial charge in [0.05, 0.1) is 18.3 Å². The maximum atomic E-state index is 8.66. The number of nitrogens with zero attached hydrogens (tertiary/aromatic N) is 5. The molecule has 3 rings (SSSR count). The lowest BCUT2D eigenvalue weighted by Gasteiger charge is -2.09. The van der Waals surface area contributed by atoms with Gasteiger partial charge in [0.25, 0.3) is 0 Å². The standard InChI is InChI=1S/C14H16N6/c15-9-11-5-6-14(18-17-11)16-10-12-7-8-20(19-12)13-3-1-2-4-13/h5-8,13H,1-4,10H2,(H,16,18). The molecule has 1 N–H and O–H groups in total. The fourth-order valence-corrected chi connectivity index (χ4v) is 2.51. The van der Waals surface area contributed by atoms with Gasteiger partial charge in [-0.1, -0.05) is 12.8 Å². The van der Waals surface area contributed by atoms with Crippen molar-refractivity contribution in [2.45, 2.75) is 38.3 Å². The quantitative estimate of drug-likeness (QED) is 0.920. The molecular weight excluding hydrogens is 252 g/mol. The highest BCUT2D eigenvalue weighted by atomic mass is 15.3. The van der Waals surface area contributed by atoms with Crippen LogP contribution < -0.4 is 5.32 Å². The van der Waals surface area contributed by atoms with Crippen LogP contribution in [0.5, 0.6) is 0 Å². The normalized spacial score (nSPS) is 15.2. The molecule has 1 fully saturated rings. The molecule has 1 saturated carbocycles. The van der Waals surface area contributed by atoms with Gasteiger partial charge in [0.1, 0.15) is 11.9 Å². The predicted molar refractivity (Wildman–Crippen MR) is 73.8 cm³/mol. The average molecular weight is 268 g/mol. The lowest BCUT2D eigenvalue weighted by molar-refractivity contribution is 0.463. The Morgan fingerprint density at radius 3 is 2.80 bits per heavy atom. The molecule has 0 atom stereocenters. The molecular formula is C14H16N6. The van der Waals surface area contributed by atoms with Crippen LogP contribution in [0.25, 0.3) is 0 Å². The van der Waals surface area contributed by atoms with Crippen molar-refractivity contribution in [3.05, 3.63) is 35.8 Å². The predicted octanol–water partition coefficient (Wildman–Crippen LogP) is 2.27. The molecule has 6 heteroatoms. The van der Waals surface area contributed by atoms with Crippen LogP contribution in [0.3, 0.4) is 0 Å². The van der Waals surface area contributed by atoms with Crippen molar-refractivity contribution < 1.29 is 0 Å². The lowest BCUT2D eigenvalue weighted by Crippen LogP contribution is -2.07. The van der Waals surface area contributed by atoms with E-state index in [9.17, 15) is 0 Å². The first-order valence-corrected chi connectivity index (χ1v) is 6.87. The second kappa shape index (κ2) is 5.70. The summed E-state index contributed by atoms with van der Waals surface area (Å²) >= 11 is 0. The van der Waals surface area contributed by atoms with Gasteiger partial charge in [-0.05, 0) is 31.0 Å². The van der Waals surface area contributed by atoms with Gasteiger partial charge in [0, 0.05) is 6.20 Å². The Morgan fingerprint density at radius 1 is 1.25 bits per heavy atom. The van der Waals surface area contributed by atoms with Crippen molar-refractivity contribution in [2.75, 3.05) is 5.32 Å². The van der Waals surface area contributed by atoms with Crippen molar-refractivity contribution in [3.8, 4) is 6.07 Å². The first kappa shape index (κ1) is 12.6. The van der Waals surface area contributed by atoms with Gasteiger partial charge in [-0.3, -0.25) is 4.68 Å². The molecule has 0 unspecified atom stereocenters. The molecule has 2 aromatic heterocycles. The molecule has 0 aliphatic heterocycles. The Hall–Kier alpha value is -2.42. The number of rotatable bonds is 4. The highest BCUT2D eigenvalue weighted by Crippen LogP contribution is 2.28. The Labute approximate surface area is 117 Å². The van der Waals surface area contributed by atoms with Crippen molar-refractivity contribution in [1.29, 1.82) is 5.26 Å². The third kappa shape index (κ3) is 2.77. The summed E-state index contributed by atoms with van der Waals surface area (Å²) in [6, 6.07) is 7.94. The smallest absolute Gasteiger partial charge is 0.163 e.